The highest BCUT2D eigenvalue weighted by Gasteiger charge is 2.05. The zero-order valence-corrected chi connectivity index (χ0v) is 6.39. The van der Waals surface area contributed by atoms with E-state index in [2.05, 4.69) is 6.08 Å². The Morgan fingerprint density at radius 1 is 1.80 bits per heavy atom. The standard InChI is InChI=1S/C8H12O2/c1-7-3-6-10-8(7)4-5-9-2/h3-4H,5-6H2,1-2H3/b8-4+. The summed E-state index contributed by atoms with van der Waals surface area (Å²) in [7, 11) is 1.67. The molecular weight excluding hydrogens is 128 g/mol. The fourth-order valence-electron chi connectivity index (χ4n) is 0.850. The molecule has 1 rings (SSSR count). The molecule has 0 saturated carbocycles. The van der Waals surface area contributed by atoms with Crippen LogP contribution in [0.1, 0.15) is 6.92 Å². The molecule has 0 amide bonds. The summed E-state index contributed by atoms with van der Waals surface area (Å²) in [4.78, 5) is 0. The second kappa shape index (κ2) is 3.42. The van der Waals surface area contributed by atoms with Crippen LogP contribution in [0, 0.1) is 0 Å². The van der Waals surface area contributed by atoms with E-state index in [1.165, 1.54) is 5.57 Å². The molecule has 10 heavy (non-hydrogen) atoms. The molecule has 56 valence electrons. The van der Waals surface area contributed by atoms with Gasteiger partial charge in [0.15, 0.2) is 0 Å². The molecule has 0 aromatic heterocycles. The largest absolute Gasteiger partial charge is 0.489 e. The van der Waals surface area contributed by atoms with Gasteiger partial charge in [-0.15, -0.1) is 0 Å². The maximum atomic E-state index is 5.26. The molecule has 0 bridgehead atoms. The van der Waals surface area contributed by atoms with Gasteiger partial charge in [0.1, 0.15) is 12.4 Å². The summed E-state index contributed by atoms with van der Waals surface area (Å²) >= 11 is 0. The molecule has 0 aromatic rings. The molecule has 0 aliphatic carbocycles. The van der Waals surface area contributed by atoms with E-state index in [0.717, 1.165) is 5.76 Å². The molecule has 1 heterocycles. The number of hydrogen-bond acceptors (Lipinski definition) is 2. The van der Waals surface area contributed by atoms with E-state index >= 15 is 0 Å². The Bertz CT molecular complexity index is 168. The summed E-state index contributed by atoms with van der Waals surface area (Å²) in [5.74, 6) is 0.960. The quantitative estimate of drug-likeness (QED) is 0.578. The minimum atomic E-state index is 0.626. The van der Waals surface area contributed by atoms with Crippen LogP contribution in [0.15, 0.2) is 23.5 Å². The van der Waals surface area contributed by atoms with Gasteiger partial charge in [0.25, 0.3) is 0 Å². The van der Waals surface area contributed by atoms with Crippen molar-refractivity contribution in [2.75, 3.05) is 20.3 Å². The molecule has 0 fully saturated rings. The first-order valence-electron chi connectivity index (χ1n) is 3.33. The Balaban J connectivity index is 2.48. The lowest BCUT2D eigenvalue weighted by atomic mass is 10.2. The van der Waals surface area contributed by atoms with Crippen molar-refractivity contribution in [3.63, 3.8) is 0 Å². The highest BCUT2D eigenvalue weighted by atomic mass is 16.5. The summed E-state index contributed by atoms with van der Waals surface area (Å²) in [6.07, 6.45) is 4.00. The monoisotopic (exact) mass is 140 g/mol. The topological polar surface area (TPSA) is 18.5 Å². The summed E-state index contributed by atoms with van der Waals surface area (Å²) in [6, 6.07) is 0. The smallest absolute Gasteiger partial charge is 0.120 e. The Morgan fingerprint density at radius 2 is 2.60 bits per heavy atom. The van der Waals surface area contributed by atoms with Crippen LogP contribution < -0.4 is 0 Å². The van der Waals surface area contributed by atoms with Crippen LogP contribution in [0.2, 0.25) is 0 Å². The third-order valence-corrected chi connectivity index (χ3v) is 1.45. The van der Waals surface area contributed by atoms with Crippen LogP contribution in [0.5, 0.6) is 0 Å². The van der Waals surface area contributed by atoms with Crippen LogP contribution >= 0.6 is 0 Å². The first-order valence-corrected chi connectivity index (χ1v) is 3.33. The van der Waals surface area contributed by atoms with E-state index < -0.39 is 0 Å². The molecule has 0 radical (unpaired) electrons. The zero-order chi connectivity index (χ0) is 7.40. The van der Waals surface area contributed by atoms with Gasteiger partial charge in [0, 0.05) is 7.11 Å². The van der Waals surface area contributed by atoms with Crippen molar-refractivity contribution in [1.82, 2.24) is 0 Å². The van der Waals surface area contributed by atoms with Crippen molar-refractivity contribution in [2.24, 2.45) is 0 Å². The Labute approximate surface area is 61.1 Å². The molecule has 2 nitrogen and oxygen atoms in total. The first-order chi connectivity index (χ1) is 4.84. The van der Waals surface area contributed by atoms with Gasteiger partial charge in [-0.25, -0.2) is 0 Å². The van der Waals surface area contributed by atoms with Gasteiger partial charge in [-0.3, -0.25) is 0 Å². The number of methoxy groups -OCH3 is 1. The maximum Gasteiger partial charge on any atom is 0.120 e. The van der Waals surface area contributed by atoms with Crippen molar-refractivity contribution >= 4 is 0 Å². The molecule has 0 saturated heterocycles. The van der Waals surface area contributed by atoms with Crippen LogP contribution in [0.25, 0.3) is 0 Å². The molecule has 0 N–H and O–H groups in total. The summed E-state index contributed by atoms with van der Waals surface area (Å²) < 4.78 is 10.1. The molecule has 1 aliphatic rings. The number of hydrogen-bond donors (Lipinski definition) is 0. The van der Waals surface area contributed by atoms with Crippen LogP contribution in [0.4, 0.5) is 0 Å². The van der Waals surface area contributed by atoms with Gasteiger partial charge in [0.2, 0.25) is 0 Å². The maximum absolute atomic E-state index is 5.26. The minimum Gasteiger partial charge on any atom is -0.489 e. The lowest BCUT2D eigenvalue weighted by Crippen LogP contribution is -1.88. The number of allylic oxidation sites excluding steroid dienone is 1. The van der Waals surface area contributed by atoms with Gasteiger partial charge in [-0.1, -0.05) is 0 Å². The SMILES string of the molecule is COC/C=C1/OCC=C1C. The minimum absolute atomic E-state index is 0.626. The predicted molar refractivity (Wildman–Crippen MR) is 39.7 cm³/mol. The van der Waals surface area contributed by atoms with E-state index in [-0.39, 0.29) is 0 Å². The first kappa shape index (κ1) is 7.35. The number of rotatable bonds is 2. The fraction of sp³-hybridized carbons (Fsp3) is 0.500. The van der Waals surface area contributed by atoms with Gasteiger partial charge in [-0.2, -0.15) is 0 Å². The normalized spacial score (nSPS) is 21.0. The highest BCUT2D eigenvalue weighted by molar-refractivity contribution is 5.27. The van der Waals surface area contributed by atoms with Crippen molar-refractivity contribution in [3.8, 4) is 0 Å². The van der Waals surface area contributed by atoms with E-state index in [9.17, 15) is 0 Å². The average molecular weight is 140 g/mol. The van der Waals surface area contributed by atoms with Gasteiger partial charge < -0.3 is 9.47 Å². The molecule has 0 spiro atoms. The van der Waals surface area contributed by atoms with Gasteiger partial charge >= 0.3 is 0 Å². The lowest BCUT2D eigenvalue weighted by molar-refractivity contribution is 0.222. The third kappa shape index (κ3) is 1.61. The van der Waals surface area contributed by atoms with Crippen molar-refractivity contribution in [3.05, 3.63) is 23.5 Å². The van der Waals surface area contributed by atoms with Crippen LogP contribution in [0.3, 0.4) is 0 Å². The molecule has 0 unspecified atom stereocenters. The van der Waals surface area contributed by atoms with Gasteiger partial charge in [-0.05, 0) is 24.6 Å². The van der Waals surface area contributed by atoms with E-state index in [0.29, 0.717) is 13.2 Å². The molecule has 2 heteroatoms. The third-order valence-electron chi connectivity index (χ3n) is 1.45. The Kier molecular flexibility index (Phi) is 2.51. The second-order valence-electron chi connectivity index (χ2n) is 2.22. The molecule has 1 aliphatic heterocycles. The summed E-state index contributed by atoms with van der Waals surface area (Å²) in [5.41, 5.74) is 1.21. The van der Waals surface area contributed by atoms with E-state index in [4.69, 9.17) is 9.47 Å². The van der Waals surface area contributed by atoms with Crippen molar-refractivity contribution in [2.45, 2.75) is 6.92 Å². The highest BCUT2D eigenvalue weighted by Crippen LogP contribution is 2.16. The van der Waals surface area contributed by atoms with E-state index in [1.54, 1.807) is 7.11 Å². The van der Waals surface area contributed by atoms with Gasteiger partial charge in [0.05, 0.1) is 6.61 Å². The molecule has 0 atom stereocenters. The van der Waals surface area contributed by atoms with Crippen LogP contribution in [-0.4, -0.2) is 20.3 Å². The fourth-order valence-corrected chi connectivity index (χ4v) is 0.850. The Morgan fingerprint density at radius 3 is 3.10 bits per heavy atom. The molecular formula is C8H12O2. The van der Waals surface area contributed by atoms with Crippen molar-refractivity contribution < 1.29 is 9.47 Å². The Hall–Kier alpha value is -0.760. The predicted octanol–water partition coefficient (Wildman–Crippen LogP) is 1.49. The second-order valence-corrected chi connectivity index (χ2v) is 2.22. The molecule has 0 aromatic carbocycles. The summed E-state index contributed by atoms with van der Waals surface area (Å²) in [6.45, 7) is 3.37. The zero-order valence-electron chi connectivity index (χ0n) is 6.39. The van der Waals surface area contributed by atoms with Crippen LogP contribution in [-0.2, 0) is 9.47 Å². The average Bonchev–Trinajstić information content (AvgIpc) is 2.31. The van der Waals surface area contributed by atoms with Crippen molar-refractivity contribution in [1.29, 1.82) is 0 Å². The number of ether oxygens (including phenoxy) is 2. The van der Waals surface area contributed by atoms with E-state index in [1.807, 2.05) is 13.0 Å². The lowest BCUT2D eigenvalue weighted by Gasteiger charge is -1.99. The summed E-state index contributed by atoms with van der Waals surface area (Å²) in [5, 5.41) is 0.